The number of thiol groups is 1. The van der Waals surface area contributed by atoms with E-state index in [0.29, 0.717) is 68.9 Å². The van der Waals surface area contributed by atoms with Gasteiger partial charge in [-0.05, 0) is 86.9 Å². The fraction of sp³-hybridized carbons (Fsp3) is 0.384. The monoisotopic (exact) mass is 2020 g/mol. The molecule has 0 spiro atoms. The Hall–Kier alpha value is -9.07. The van der Waals surface area contributed by atoms with Crippen molar-refractivity contribution in [1.29, 1.82) is 0 Å². The first-order valence-corrected chi connectivity index (χ1v) is 49.5. The quantitative estimate of drug-likeness (QED) is 0.00365. The molecular formula is C86H108Cl2F3KO31S3Sn. The smallest absolute Gasteiger partial charge is 0.870 e. The maximum atomic E-state index is 12.4. The Morgan fingerprint density at radius 2 is 0.764 bits per heavy atom. The van der Waals surface area contributed by atoms with Gasteiger partial charge in [0.05, 0.1) is 117 Å². The van der Waals surface area contributed by atoms with Gasteiger partial charge < -0.3 is 78.2 Å². The third kappa shape index (κ3) is 46.7. The number of halogens is 5. The number of unbranched alkanes of at least 4 members (excludes halogenated alkanes) is 3. The van der Waals surface area contributed by atoms with Crippen LogP contribution in [0.3, 0.4) is 0 Å². The molecule has 0 heterocycles. The Bertz CT molecular complexity index is 4680. The van der Waals surface area contributed by atoms with E-state index >= 15 is 0 Å². The molecule has 0 amide bonds. The molecule has 6 aromatic carbocycles. The van der Waals surface area contributed by atoms with E-state index in [2.05, 4.69) is 83.3 Å². The number of carboxylic acids is 4. The molecule has 0 radical (unpaired) electrons. The second-order valence-electron chi connectivity index (χ2n) is 25.7. The van der Waals surface area contributed by atoms with E-state index in [0.717, 1.165) is 31.9 Å². The number of phenols is 2. The molecule has 7 N–H and O–H groups in total. The maximum absolute atomic E-state index is 12.4. The third-order valence-electron chi connectivity index (χ3n) is 17.2. The number of benzene rings is 6. The predicted octanol–water partition coefficient (Wildman–Crippen LogP) is 12.2. The minimum absolute atomic E-state index is 0. The van der Waals surface area contributed by atoms with Crippen LogP contribution in [0.25, 0.3) is 6.08 Å². The van der Waals surface area contributed by atoms with E-state index < -0.39 is 136 Å². The van der Waals surface area contributed by atoms with Crippen molar-refractivity contribution in [3.05, 3.63) is 210 Å². The zero-order valence-corrected chi connectivity index (χ0v) is 82.7. The summed E-state index contributed by atoms with van der Waals surface area (Å²) in [6, 6.07) is 26.9. The Morgan fingerprint density at radius 3 is 1.10 bits per heavy atom. The molecule has 0 aliphatic heterocycles. The summed E-state index contributed by atoms with van der Waals surface area (Å²) in [5.74, 6) is -9.99. The van der Waals surface area contributed by atoms with E-state index in [1.807, 2.05) is 0 Å². The molecule has 0 aromatic heterocycles. The van der Waals surface area contributed by atoms with Crippen LogP contribution in [-0.4, -0.2) is 219 Å². The SMILES string of the molecule is C=Cc1cccc(CC(=O)OC)c1C(=O)OC.C=[CH][Sn]([CH2]CCC)([CH2]CCC)[CH2]CCC.COC(=O)Cc1cccc(CCSC(C)=O)c1C(=O)OC.COC(=O)Cc1cccc(O)c1C(=O)OC.COC(=O)Cc1cccc(OS(=O)(=O)C(F)(F)F)c1C(=O)OC.ClCCl.O=C(O)Cc1cccc(CCS)c1C(=O)O.O=C(O)Cc1cccc(O)c1C(=O)O.[K+].[OH-]. The van der Waals surface area contributed by atoms with E-state index in [1.54, 1.807) is 80.0 Å². The van der Waals surface area contributed by atoms with Gasteiger partial charge in [0.15, 0.2) is 10.9 Å². The minimum Gasteiger partial charge on any atom is -0.870 e. The molecule has 0 fully saturated rings. The fourth-order valence-corrected chi connectivity index (χ4v) is 25.5. The summed E-state index contributed by atoms with van der Waals surface area (Å²) in [7, 11) is 3.66. The van der Waals surface area contributed by atoms with Gasteiger partial charge in [-0.25, -0.2) is 28.8 Å². The van der Waals surface area contributed by atoms with Gasteiger partial charge in [0.2, 0.25) is 0 Å². The average Bonchev–Trinajstić information content (AvgIpc) is 0.787. The fourth-order valence-electron chi connectivity index (χ4n) is 11.2. The van der Waals surface area contributed by atoms with Gasteiger partial charge in [-0.1, -0.05) is 115 Å². The summed E-state index contributed by atoms with van der Waals surface area (Å²) in [4.78, 5) is 146. The number of ether oxygens (including phenoxy) is 8. The largest absolute Gasteiger partial charge is 1.00 e. The number of carbonyl (C=O) groups excluding carboxylic acids is 9. The first-order valence-electron chi connectivity index (χ1n) is 37.7. The summed E-state index contributed by atoms with van der Waals surface area (Å²) in [5, 5.41) is 53.9. The number of phenolic OH excluding ortho intramolecular Hbond substituents is 1. The van der Waals surface area contributed by atoms with Crippen LogP contribution < -0.4 is 55.6 Å². The number of methoxy groups -OCH3 is 8. The summed E-state index contributed by atoms with van der Waals surface area (Å²) >= 11 is 12.9. The van der Waals surface area contributed by atoms with Crippen LogP contribution in [0.1, 0.15) is 178 Å². The number of aromatic hydroxyl groups is 2. The summed E-state index contributed by atoms with van der Waals surface area (Å²) in [5.41, 5.74) is -1.97. The standard InChI is InChI=1S/C15H18O5S.C13H14O4.C12H11F3O7S.C11H12O5.C11H12O4S.C9H8O5.3C4H9.C2H3.CH2Cl2.K.H2O.Sn/c1-10(16)21-8-7-11-5-4-6-12(9-13(17)19-2)14(11)15(18)20-3;1-4-9-6-5-7-10(8-11(14)16-2)12(9)13(15)17-3;1-20-9(16)6-7-4-3-5-8(10(7)11(17)21-2)22-23(18,19)12(13,14)15;1-15-9(13)6-7-4-3-5-8(12)10(7)11(14)16-2;12-9(13)6-8-3-1-2-7(4-5-16)10(8)11(14)15;10-6-3-1-2-5(4-7(11)12)8(6)9(13)14;3*1-3-4-2;1-2;2-1-3;;;/h4-6H,7-9H2,1-3H3;4-7H,1,8H2,2-3H3;3-5H,6H2,1-2H3;3-5,12H,6H2,1-2H3;1-3,16H,4-6H2,(H,12,13)(H,14,15);1-3,10H,4H2,(H,11,12)(H,13,14);3*1,3-4H2,2H3;1H,2H2;1H2;;1H2;/q;;;;;;;;;;;+1;;/p-1. The zero-order chi connectivity index (χ0) is 95.8. The first-order chi connectivity index (χ1) is 59.0. The number of aliphatic carboxylic acids is 2. The van der Waals surface area contributed by atoms with E-state index in [9.17, 15) is 94.1 Å². The molecule has 31 nitrogen and oxygen atoms in total. The molecule has 0 unspecified atom stereocenters. The molecule has 41 heteroatoms. The van der Waals surface area contributed by atoms with Gasteiger partial charge in [0.1, 0.15) is 28.2 Å². The molecule has 0 saturated heterocycles. The number of esters is 8. The number of rotatable bonds is 36. The third-order valence-corrected chi connectivity index (χ3v) is 33.3. The minimum atomic E-state index is -5.99. The maximum Gasteiger partial charge on any atom is 1.00 e. The number of hydrogen-bond donors (Lipinski definition) is 7. The molecule has 0 atom stereocenters. The molecule has 127 heavy (non-hydrogen) atoms. The van der Waals surface area contributed by atoms with Crippen molar-refractivity contribution in [2.24, 2.45) is 0 Å². The van der Waals surface area contributed by atoms with Crippen LogP contribution in [0.5, 0.6) is 17.2 Å². The number of hydrogen-bond acceptors (Lipinski definition) is 29. The van der Waals surface area contributed by atoms with E-state index in [4.69, 9.17) is 53.1 Å². The zero-order valence-electron chi connectivity index (χ0n) is 72.7. The van der Waals surface area contributed by atoms with E-state index in [-0.39, 0.29) is 127 Å². The number of carbonyl (C=O) groups is 13. The molecule has 0 aliphatic carbocycles. The molecule has 6 rings (SSSR count). The van der Waals surface area contributed by atoms with E-state index in [1.165, 1.54) is 136 Å². The predicted molar refractivity (Wildman–Crippen MR) is 471 cm³/mol. The van der Waals surface area contributed by atoms with Crippen molar-refractivity contribution in [3.8, 4) is 17.2 Å². The molecule has 6 aromatic rings. The summed E-state index contributed by atoms with van der Waals surface area (Å²) in [6.07, 6.45) is 9.82. The summed E-state index contributed by atoms with van der Waals surface area (Å²) in [6.45, 7) is 16.3. The topological polar surface area (TPSA) is 490 Å². The van der Waals surface area contributed by atoms with Crippen molar-refractivity contribution in [2.45, 2.75) is 136 Å². The molecule has 0 saturated carbocycles. The molecule has 0 bridgehead atoms. The first kappa shape index (κ1) is 124. The van der Waals surface area contributed by atoms with Crippen LogP contribution in [0.15, 0.2) is 126 Å². The van der Waals surface area contributed by atoms with Crippen LogP contribution in [0.4, 0.5) is 13.2 Å². The van der Waals surface area contributed by atoms with Gasteiger partial charge in [-0.2, -0.15) is 34.2 Å². The van der Waals surface area contributed by atoms with Crippen LogP contribution >= 0.6 is 47.6 Å². The number of aryl methyl sites for hydroxylation is 2. The normalized spacial score (nSPS) is 10.1. The van der Waals surface area contributed by atoms with Crippen molar-refractivity contribution in [1.82, 2.24) is 0 Å². The van der Waals surface area contributed by atoms with Crippen molar-refractivity contribution in [2.75, 3.05) is 73.7 Å². The van der Waals surface area contributed by atoms with Gasteiger partial charge in [0.25, 0.3) is 0 Å². The molecule has 696 valence electrons. The van der Waals surface area contributed by atoms with Crippen molar-refractivity contribution >= 4 is 159 Å². The van der Waals surface area contributed by atoms with Gasteiger partial charge in [-0.3, -0.25) is 33.6 Å². The van der Waals surface area contributed by atoms with Gasteiger partial charge in [-0.15, -0.1) is 23.2 Å². The Morgan fingerprint density at radius 1 is 0.457 bits per heavy atom. The number of aromatic carboxylic acids is 2. The number of carboxylic acid groups (broad SMARTS) is 4. The van der Waals surface area contributed by atoms with Gasteiger partial charge in [0, 0.05) is 12.7 Å². The average molecular weight is 2020 g/mol. The van der Waals surface area contributed by atoms with Crippen molar-refractivity contribution in [3.63, 3.8) is 0 Å². The Labute approximate surface area is 802 Å². The second-order valence-corrected chi connectivity index (χ2v) is 42.9. The molecule has 0 aliphatic rings. The van der Waals surface area contributed by atoms with Crippen molar-refractivity contribution < 1.29 is 213 Å². The summed E-state index contributed by atoms with van der Waals surface area (Å²) < 4.78 is 107. The number of alkyl halides is 5. The van der Waals surface area contributed by atoms with Crippen LogP contribution in [0, 0.1) is 0 Å². The Balaban J connectivity index is -0.000000693. The Kier molecular flexibility index (Phi) is 66.6. The number of thioether (sulfide) groups is 1. The van der Waals surface area contributed by atoms with Crippen LogP contribution in [0.2, 0.25) is 13.3 Å². The second kappa shape index (κ2) is 68.1. The van der Waals surface area contributed by atoms with Crippen LogP contribution in [-0.2, 0) is 133 Å². The molecular weight excluding hydrogens is 1910 g/mol. The van der Waals surface area contributed by atoms with Gasteiger partial charge >= 0.3 is 240 Å².